The first kappa shape index (κ1) is 13.5. The molecule has 2 N–H and O–H groups in total. The smallest absolute Gasteiger partial charge is 0.261 e. The SMILES string of the molecule is NC(=S)c1cccn(Cc2cccc3ccccc23)c1=O. The van der Waals surface area contributed by atoms with E-state index in [1.54, 1.807) is 22.9 Å². The molecule has 3 nitrogen and oxygen atoms in total. The second-order valence-corrected chi connectivity index (χ2v) is 5.30. The minimum atomic E-state index is -0.155. The molecule has 0 radical (unpaired) electrons. The van der Waals surface area contributed by atoms with Gasteiger partial charge in [-0.3, -0.25) is 4.79 Å². The highest BCUT2D eigenvalue weighted by Gasteiger charge is 2.07. The van der Waals surface area contributed by atoms with Crippen LogP contribution < -0.4 is 11.3 Å². The van der Waals surface area contributed by atoms with Crippen molar-refractivity contribution >= 4 is 28.0 Å². The molecule has 2 aromatic carbocycles. The monoisotopic (exact) mass is 294 g/mol. The summed E-state index contributed by atoms with van der Waals surface area (Å²) >= 11 is 4.92. The van der Waals surface area contributed by atoms with E-state index in [4.69, 9.17) is 18.0 Å². The second-order valence-electron chi connectivity index (χ2n) is 4.86. The lowest BCUT2D eigenvalue weighted by atomic mass is 10.0. The molecule has 4 heteroatoms. The molecular weight excluding hydrogens is 280 g/mol. The third-order valence-corrected chi connectivity index (χ3v) is 3.73. The van der Waals surface area contributed by atoms with Crippen LogP contribution in [0.4, 0.5) is 0 Å². The van der Waals surface area contributed by atoms with Gasteiger partial charge in [0.2, 0.25) is 0 Å². The summed E-state index contributed by atoms with van der Waals surface area (Å²) < 4.78 is 1.64. The Morgan fingerprint density at radius 1 is 1.05 bits per heavy atom. The Bertz CT molecular complexity index is 878. The molecule has 0 saturated carbocycles. The zero-order chi connectivity index (χ0) is 14.8. The zero-order valence-corrected chi connectivity index (χ0v) is 12.1. The predicted molar refractivity (Wildman–Crippen MR) is 89.6 cm³/mol. The molecule has 1 heterocycles. The highest BCUT2D eigenvalue weighted by Crippen LogP contribution is 2.18. The summed E-state index contributed by atoms with van der Waals surface area (Å²) in [5, 5.41) is 2.31. The van der Waals surface area contributed by atoms with Crippen molar-refractivity contribution in [2.24, 2.45) is 5.73 Å². The largest absolute Gasteiger partial charge is 0.389 e. The molecule has 0 fully saturated rings. The Morgan fingerprint density at radius 2 is 1.81 bits per heavy atom. The van der Waals surface area contributed by atoms with Crippen molar-refractivity contribution in [1.82, 2.24) is 4.57 Å². The minimum absolute atomic E-state index is 0.132. The summed E-state index contributed by atoms with van der Waals surface area (Å²) in [7, 11) is 0. The Labute approximate surface area is 127 Å². The maximum Gasteiger partial charge on any atom is 0.261 e. The summed E-state index contributed by atoms with van der Waals surface area (Å²) in [5.41, 5.74) is 6.91. The molecule has 0 unspecified atom stereocenters. The fourth-order valence-corrected chi connectivity index (χ4v) is 2.62. The summed E-state index contributed by atoms with van der Waals surface area (Å²) in [5.74, 6) is 0. The van der Waals surface area contributed by atoms with Crippen LogP contribution in [0.25, 0.3) is 10.8 Å². The molecule has 21 heavy (non-hydrogen) atoms. The van der Waals surface area contributed by atoms with Gasteiger partial charge in [0.1, 0.15) is 4.99 Å². The fraction of sp³-hybridized carbons (Fsp3) is 0.0588. The predicted octanol–water partition coefficient (Wildman–Crippen LogP) is 2.68. The van der Waals surface area contributed by atoms with Crippen LogP contribution in [0.5, 0.6) is 0 Å². The van der Waals surface area contributed by atoms with Gasteiger partial charge in [0, 0.05) is 6.20 Å². The number of hydrogen-bond donors (Lipinski definition) is 1. The topological polar surface area (TPSA) is 48.0 Å². The lowest BCUT2D eigenvalue weighted by molar-refractivity contribution is 0.762. The summed E-state index contributed by atoms with van der Waals surface area (Å²) in [4.78, 5) is 12.5. The summed E-state index contributed by atoms with van der Waals surface area (Å²) in [6.07, 6.45) is 1.76. The normalized spacial score (nSPS) is 10.7. The molecule has 0 saturated heterocycles. The number of nitrogens with two attached hydrogens (primary N) is 1. The molecule has 3 aromatic rings. The van der Waals surface area contributed by atoms with Gasteiger partial charge in [0.25, 0.3) is 5.56 Å². The van der Waals surface area contributed by atoms with Crippen molar-refractivity contribution in [3.05, 3.63) is 82.3 Å². The van der Waals surface area contributed by atoms with Gasteiger partial charge in [0.05, 0.1) is 12.1 Å². The third-order valence-electron chi connectivity index (χ3n) is 3.51. The van der Waals surface area contributed by atoms with Crippen LogP contribution in [0, 0.1) is 0 Å². The van der Waals surface area contributed by atoms with E-state index in [1.165, 1.54) is 0 Å². The van der Waals surface area contributed by atoms with E-state index in [2.05, 4.69) is 18.2 Å². The Hall–Kier alpha value is -2.46. The highest BCUT2D eigenvalue weighted by molar-refractivity contribution is 7.80. The third kappa shape index (κ3) is 2.58. The number of thiocarbonyl (C=S) groups is 1. The van der Waals surface area contributed by atoms with Crippen molar-refractivity contribution in [2.45, 2.75) is 6.54 Å². The molecule has 104 valence electrons. The van der Waals surface area contributed by atoms with Crippen LogP contribution in [-0.4, -0.2) is 9.56 Å². The standard InChI is InChI=1S/C17H14N2OS/c18-16(21)15-9-4-10-19(17(15)20)11-13-7-3-6-12-5-1-2-8-14(12)13/h1-10H,11H2,(H2,18,21). The Balaban J connectivity index is 2.10. The van der Waals surface area contributed by atoms with E-state index in [1.807, 2.05) is 24.3 Å². The van der Waals surface area contributed by atoms with Crippen LogP contribution >= 0.6 is 12.2 Å². The molecule has 0 aliphatic rings. The molecule has 0 bridgehead atoms. The average Bonchev–Trinajstić information content (AvgIpc) is 2.49. The van der Waals surface area contributed by atoms with Gasteiger partial charge >= 0.3 is 0 Å². The molecule has 0 atom stereocenters. The van der Waals surface area contributed by atoms with Gasteiger partial charge in [-0.05, 0) is 28.5 Å². The van der Waals surface area contributed by atoms with E-state index in [0.29, 0.717) is 12.1 Å². The zero-order valence-electron chi connectivity index (χ0n) is 11.3. The van der Waals surface area contributed by atoms with Crippen LogP contribution in [0.15, 0.2) is 65.6 Å². The van der Waals surface area contributed by atoms with Gasteiger partial charge in [0.15, 0.2) is 0 Å². The molecule has 0 aliphatic heterocycles. The lowest BCUT2D eigenvalue weighted by Gasteiger charge is -2.10. The van der Waals surface area contributed by atoms with Crippen molar-refractivity contribution < 1.29 is 0 Å². The lowest BCUT2D eigenvalue weighted by Crippen LogP contribution is -2.28. The highest BCUT2D eigenvalue weighted by atomic mass is 32.1. The average molecular weight is 294 g/mol. The molecule has 0 amide bonds. The number of nitrogens with zero attached hydrogens (tertiary/aromatic N) is 1. The van der Waals surface area contributed by atoms with E-state index < -0.39 is 0 Å². The maximum absolute atomic E-state index is 12.3. The van der Waals surface area contributed by atoms with Crippen molar-refractivity contribution in [1.29, 1.82) is 0 Å². The number of fused-ring (bicyclic) bond motifs is 1. The molecule has 1 aromatic heterocycles. The van der Waals surface area contributed by atoms with Crippen molar-refractivity contribution in [2.75, 3.05) is 0 Å². The van der Waals surface area contributed by atoms with E-state index >= 15 is 0 Å². The maximum atomic E-state index is 12.3. The Morgan fingerprint density at radius 3 is 2.62 bits per heavy atom. The first-order valence-corrected chi connectivity index (χ1v) is 7.03. The Kier molecular flexibility index (Phi) is 3.54. The van der Waals surface area contributed by atoms with Crippen LogP contribution in [0.2, 0.25) is 0 Å². The minimum Gasteiger partial charge on any atom is -0.389 e. The second kappa shape index (κ2) is 5.50. The van der Waals surface area contributed by atoms with Crippen LogP contribution in [0.3, 0.4) is 0 Å². The summed E-state index contributed by atoms with van der Waals surface area (Å²) in [6, 6.07) is 17.7. The quantitative estimate of drug-likeness (QED) is 0.756. The van der Waals surface area contributed by atoms with E-state index in [-0.39, 0.29) is 10.5 Å². The molecule has 0 spiro atoms. The first-order chi connectivity index (χ1) is 10.2. The van der Waals surface area contributed by atoms with Crippen LogP contribution in [-0.2, 0) is 6.54 Å². The van der Waals surface area contributed by atoms with Gasteiger partial charge in [-0.2, -0.15) is 0 Å². The van der Waals surface area contributed by atoms with Crippen molar-refractivity contribution in [3.8, 4) is 0 Å². The van der Waals surface area contributed by atoms with Gasteiger partial charge in [-0.15, -0.1) is 0 Å². The number of hydrogen-bond acceptors (Lipinski definition) is 2. The van der Waals surface area contributed by atoms with Gasteiger partial charge in [-0.1, -0.05) is 54.7 Å². The first-order valence-electron chi connectivity index (χ1n) is 6.63. The summed E-state index contributed by atoms with van der Waals surface area (Å²) in [6.45, 7) is 0.497. The number of benzene rings is 2. The molecule has 0 aliphatic carbocycles. The molecule has 3 rings (SSSR count). The fourth-order valence-electron chi connectivity index (χ4n) is 2.46. The van der Waals surface area contributed by atoms with Crippen molar-refractivity contribution in [3.63, 3.8) is 0 Å². The van der Waals surface area contributed by atoms with Gasteiger partial charge in [-0.25, -0.2) is 0 Å². The number of pyridine rings is 1. The number of rotatable bonds is 3. The number of aromatic nitrogens is 1. The van der Waals surface area contributed by atoms with E-state index in [9.17, 15) is 4.79 Å². The van der Waals surface area contributed by atoms with Crippen LogP contribution in [0.1, 0.15) is 11.1 Å². The van der Waals surface area contributed by atoms with E-state index in [0.717, 1.165) is 16.3 Å². The van der Waals surface area contributed by atoms with Gasteiger partial charge < -0.3 is 10.3 Å². The molecular formula is C17H14N2OS.